The van der Waals surface area contributed by atoms with Crippen LogP contribution in [0.5, 0.6) is 0 Å². The molecule has 1 nitrogen and oxygen atoms in total. The molecule has 0 saturated carbocycles. The van der Waals surface area contributed by atoms with Gasteiger partial charge in [0.1, 0.15) is 5.60 Å². The standard InChI is InChI=1S/C16H26O/c1-8-17-16(15(5,6)7)12-10-9-11-13(16)14(2,3)4/h8-13H,1H2,2-7H3. The van der Waals surface area contributed by atoms with Crippen molar-refractivity contribution in [1.29, 1.82) is 0 Å². The zero-order valence-electron chi connectivity index (χ0n) is 12.1. The number of hydrogen-bond acceptors (Lipinski definition) is 1. The quantitative estimate of drug-likeness (QED) is 0.628. The van der Waals surface area contributed by atoms with Crippen LogP contribution in [0.25, 0.3) is 0 Å². The van der Waals surface area contributed by atoms with Gasteiger partial charge in [0.15, 0.2) is 0 Å². The highest BCUT2D eigenvalue weighted by molar-refractivity contribution is 5.27. The van der Waals surface area contributed by atoms with Crippen molar-refractivity contribution < 1.29 is 4.74 Å². The van der Waals surface area contributed by atoms with Crippen LogP contribution in [0.3, 0.4) is 0 Å². The van der Waals surface area contributed by atoms with Gasteiger partial charge in [-0.3, -0.25) is 0 Å². The molecule has 0 fully saturated rings. The third-order valence-electron chi connectivity index (χ3n) is 3.60. The number of ether oxygens (including phenoxy) is 1. The fourth-order valence-corrected chi connectivity index (χ4v) is 2.70. The molecule has 1 rings (SSSR count). The minimum Gasteiger partial charge on any atom is -0.490 e. The highest BCUT2D eigenvalue weighted by atomic mass is 16.5. The van der Waals surface area contributed by atoms with Crippen LogP contribution in [0, 0.1) is 16.7 Å². The summed E-state index contributed by atoms with van der Waals surface area (Å²) in [5.41, 5.74) is -0.153. The van der Waals surface area contributed by atoms with Crippen LogP contribution in [0.2, 0.25) is 0 Å². The Balaban J connectivity index is 3.31. The molecule has 0 amide bonds. The van der Waals surface area contributed by atoms with Crippen LogP contribution in [0.15, 0.2) is 37.1 Å². The Bertz CT molecular complexity index is 336. The molecule has 0 spiro atoms. The van der Waals surface area contributed by atoms with E-state index in [0.717, 1.165) is 0 Å². The number of hydrogen-bond donors (Lipinski definition) is 0. The van der Waals surface area contributed by atoms with Gasteiger partial charge in [0, 0.05) is 11.3 Å². The number of rotatable bonds is 2. The first-order valence-electron chi connectivity index (χ1n) is 6.30. The first-order chi connectivity index (χ1) is 7.65. The van der Waals surface area contributed by atoms with Crippen LogP contribution >= 0.6 is 0 Å². The Morgan fingerprint density at radius 1 is 1.12 bits per heavy atom. The van der Waals surface area contributed by atoms with Gasteiger partial charge in [0.2, 0.25) is 0 Å². The molecule has 1 heteroatoms. The van der Waals surface area contributed by atoms with Gasteiger partial charge in [0.25, 0.3) is 0 Å². The second-order valence-electron chi connectivity index (χ2n) is 6.92. The van der Waals surface area contributed by atoms with Crippen molar-refractivity contribution in [1.82, 2.24) is 0 Å². The van der Waals surface area contributed by atoms with E-state index in [9.17, 15) is 0 Å². The van der Waals surface area contributed by atoms with Gasteiger partial charge in [0.05, 0.1) is 6.26 Å². The molecule has 96 valence electrons. The van der Waals surface area contributed by atoms with E-state index in [1.54, 1.807) is 6.26 Å². The first-order valence-corrected chi connectivity index (χ1v) is 6.30. The van der Waals surface area contributed by atoms with Gasteiger partial charge >= 0.3 is 0 Å². The molecule has 0 heterocycles. The lowest BCUT2D eigenvalue weighted by molar-refractivity contribution is -0.0886. The largest absolute Gasteiger partial charge is 0.490 e. The average Bonchev–Trinajstić information content (AvgIpc) is 2.15. The van der Waals surface area contributed by atoms with Crippen LogP contribution in [0.4, 0.5) is 0 Å². The molecule has 0 bridgehead atoms. The summed E-state index contributed by atoms with van der Waals surface area (Å²) in [4.78, 5) is 0. The summed E-state index contributed by atoms with van der Waals surface area (Å²) in [6.07, 6.45) is 10.2. The van der Waals surface area contributed by atoms with Crippen molar-refractivity contribution in [2.45, 2.75) is 47.1 Å². The summed E-state index contributed by atoms with van der Waals surface area (Å²) in [6, 6.07) is 0. The smallest absolute Gasteiger partial charge is 0.138 e. The van der Waals surface area contributed by atoms with Crippen LogP contribution in [0.1, 0.15) is 41.5 Å². The predicted molar refractivity (Wildman–Crippen MR) is 74.7 cm³/mol. The van der Waals surface area contributed by atoms with E-state index in [-0.39, 0.29) is 16.4 Å². The average molecular weight is 234 g/mol. The molecule has 0 radical (unpaired) electrons. The van der Waals surface area contributed by atoms with Crippen molar-refractivity contribution in [3.63, 3.8) is 0 Å². The van der Waals surface area contributed by atoms with Gasteiger partial charge in [-0.25, -0.2) is 0 Å². The van der Waals surface area contributed by atoms with Gasteiger partial charge in [-0.05, 0) is 11.5 Å². The monoisotopic (exact) mass is 234 g/mol. The molecule has 1 aliphatic rings. The lowest BCUT2D eigenvalue weighted by Crippen LogP contribution is -2.53. The summed E-state index contributed by atoms with van der Waals surface area (Å²) in [6.45, 7) is 17.2. The van der Waals surface area contributed by atoms with E-state index >= 15 is 0 Å². The van der Waals surface area contributed by atoms with Gasteiger partial charge in [-0.2, -0.15) is 0 Å². The Kier molecular flexibility index (Phi) is 3.61. The Morgan fingerprint density at radius 3 is 2.12 bits per heavy atom. The van der Waals surface area contributed by atoms with E-state index in [4.69, 9.17) is 4.74 Å². The zero-order chi connectivity index (χ0) is 13.3. The second-order valence-corrected chi connectivity index (χ2v) is 6.92. The van der Waals surface area contributed by atoms with Crippen molar-refractivity contribution in [3.05, 3.63) is 37.1 Å². The Hall–Kier alpha value is -0.980. The lowest BCUT2D eigenvalue weighted by atomic mass is 9.59. The molecule has 0 aromatic heterocycles. The summed E-state index contributed by atoms with van der Waals surface area (Å²) in [5, 5.41) is 0. The lowest BCUT2D eigenvalue weighted by Gasteiger charge is -2.51. The molecular formula is C16H26O. The third-order valence-corrected chi connectivity index (χ3v) is 3.60. The van der Waals surface area contributed by atoms with Crippen LogP contribution < -0.4 is 0 Å². The van der Waals surface area contributed by atoms with Crippen LogP contribution in [-0.2, 0) is 4.74 Å². The maximum Gasteiger partial charge on any atom is 0.138 e. The molecule has 0 aromatic rings. The maximum absolute atomic E-state index is 6.00. The molecule has 0 saturated heterocycles. The van der Waals surface area contributed by atoms with E-state index in [1.807, 2.05) is 0 Å². The van der Waals surface area contributed by atoms with Crippen molar-refractivity contribution in [2.75, 3.05) is 0 Å². The van der Waals surface area contributed by atoms with E-state index < -0.39 is 0 Å². The highest BCUT2D eigenvalue weighted by Gasteiger charge is 2.51. The zero-order valence-corrected chi connectivity index (χ0v) is 12.1. The molecule has 0 aliphatic heterocycles. The van der Waals surface area contributed by atoms with Gasteiger partial charge in [-0.15, -0.1) is 0 Å². The molecule has 17 heavy (non-hydrogen) atoms. The Labute approximate surface area is 106 Å². The third kappa shape index (κ3) is 2.48. The molecule has 1 aliphatic carbocycles. The normalized spacial score (nSPS) is 29.2. The fourth-order valence-electron chi connectivity index (χ4n) is 2.70. The molecule has 0 aromatic carbocycles. The minimum absolute atomic E-state index is 0.0143. The molecule has 2 atom stereocenters. The van der Waals surface area contributed by atoms with Gasteiger partial charge < -0.3 is 4.74 Å². The van der Waals surface area contributed by atoms with Crippen molar-refractivity contribution >= 4 is 0 Å². The van der Waals surface area contributed by atoms with E-state index in [0.29, 0.717) is 5.92 Å². The van der Waals surface area contributed by atoms with Crippen molar-refractivity contribution in [3.8, 4) is 0 Å². The van der Waals surface area contributed by atoms with Crippen molar-refractivity contribution in [2.24, 2.45) is 16.7 Å². The molecular weight excluding hydrogens is 208 g/mol. The topological polar surface area (TPSA) is 9.23 Å². The number of allylic oxidation sites excluding steroid dienone is 2. The van der Waals surface area contributed by atoms with E-state index in [1.165, 1.54) is 0 Å². The van der Waals surface area contributed by atoms with E-state index in [2.05, 4.69) is 72.4 Å². The summed E-state index contributed by atoms with van der Waals surface area (Å²) in [5.74, 6) is 0.331. The summed E-state index contributed by atoms with van der Waals surface area (Å²) in [7, 11) is 0. The van der Waals surface area contributed by atoms with Gasteiger partial charge in [-0.1, -0.05) is 66.3 Å². The molecule has 0 N–H and O–H groups in total. The predicted octanol–water partition coefficient (Wildman–Crippen LogP) is 4.72. The molecule has 2 unspecified atom stereocenters. The minimum atomic E-state index is -0.318. The highest BCUT2D eigenvalue weighted by Crippen LogP contribution is 2.50. The Morgan fingerprint density at radius 2 is 1.71 bits per heavy atom. The first kappa shape index (κ1) is 14.1. The summed E-state index contributed by atoms with van der Waals surface area (Å²) < 4.78 is 6.00. The second kappa shape index (κ2) is 4.36. The fraction of sp³-hybridized carbons (Fsp3) is 0.625. The summed E-state index contributed by atoms with van der Waals surface area (Å²) >= 11 is 0. The SMILES string of the molecule is C=COC1(C(C)(C)C)C=CC=CC1C(C)(C)C. The maximum atomic E-state index is 6.00. The van der Waals surface area contributed by atoms with Crippen LogP contribution in [-0.4, -0.2) is 5.60 Å².